The highest BCUT2D eigenvalue weighted by molar-refractivity contribution is 7.20. The van der Waals surface area contributed by atoms with Crippen molar-refractivity contribution >= 4 is 22.3 Å². The van der Waals surface area contributed by atoms with Crippen molar-refractivity contribution in [2.24, 2.45) is 0 Å². The first-order chi connectivity index (χ1) is 11.6. The van der Waals surface area contributed by atoms with Gasteiger partial charge in [0.05, 0.1) is 10.4 Å². The molecule has 1 aromatic carbocycles. The number of rotatable bonds is 7. The average Bonchev–Trinajstić information content (AvgIpc) is 3.15. The fourth-order valence-electron chi connectivity index (χ4n) is 3.07. The van der Waals surface area contributed by atoms with Crippen molar-refractivity contribution in [1.29, 1.82) is 0 Å². The van der Waals surface area contributed by atoms with Crippen LogP contribution in [0.1, 0.15) is 61.5 Å². The maximum absolute atomic E-state index is 11.1. The van der Waals surface area contributed by atoms with E-state index in [4.69, 9.17) is 5.11 Å². The zero-order chi connectivity index (χ0) is 17.1. The Morgan fingerprint density at radius 3 is 2.71 bits per heavy atom. The molecule has 0 radical (unpaired) electrons. The largest absolute Gasteiger partial charge is 0.478 e. The summed E-state index contributed by atoms with van der Waals surface area (Å²) >= 11 is 1.67. The molecular weight excluding hydrogens is 320 g/mol. The van der Waals surface area contributed by atoms with Gasteiger partial charge in [0.15, 0.2) is 4.96 Å². The number of imidazole rings is 1. The molecule has 0 aliphatic carbocycles. The quantitative estimate of drug-likeness (QED) is 0.581. The van der Waals surface area contributed by atoms with E-state index in [1.165, 1.54) is 29.8 Å². The molecule has 126 valence electrons. The van der Waals surface area contributed by atoms with E-state index in [0.29, 0.717) is 11.5 Å². The SMILES string of the molecule is CCCCC[C@@H](C)c1c(-c2ccc(C(=O)O)cc2)sc2nccn12. The molecule has 0 spiro atoms. The Bertz CT molecular complexity index is 833. The minimum atomic E-state index is -0.893. The Kier molecular flexibility index (Phi) is 5.00. The van der Waals surface area contributed by atoms with E-state index in [1.807, 2.05) is 24.5 Å². The standard InChI is InChI=1S/C19H22N2O2S/c1-3-4-5-6-13(2)16-17(24-19-20-11-12-21(16)19)14-7-9-15(10-8-14)18(22)23/h7-13H,3-6H2,1-2H3,(H,22,23)/t13-/m1/s1. The molecule has 24 heavy (non-hydrogen) atoms. The molecule has 0 aliphatic rings. The highest BCUT2D eigenvalue weighted by Crippen LogP contribution is 2.38. The zero-order valence-corrected chi connectivity index (χ0v) is 14.8. The first-order valence-corrected chi connectivity index (χ1v) is 9.23. The van der Waals surface area contributed by atoms with Crippen LogP contribution in [0, 0.1) is 0 Å². The molecule has 0 bridgehead atoms. The molecule has 0 amide bonds. The number of aromatic nitrogens is 2. The topological polar surface area (TPSA) is 54.6 Å². The third-order valence-electron chi connectivity index (χ3n) is 4.39. The Balaban J connectivity index is 1.99. The molecular formula is C19H22N2O2S. The van der Waals surface area contributed by atoms with Gasteiger partial charge in [-0.05, 0) is 30.0 Å². The van der Waals surface area contributed by atoms with E-state index >= 15 is 0 Å². The lowest BCUT2D eigenvalue weighted by molar-refractivity contribution is 0.0697. The second-order valence-electron chi connectivity index (χ2n) is 6.18. The first-order valence-electron chi connectivity index (χ1n) is 8.41. The molecule has 0 unspecified atom stereocenters. The Morgan fingerprint density at radius 2 is 2.04 bits per heavy atom. The van der Waals surface area contributed by atoms with E-state index in [-0.39, 0.29) is 0 Å². The molecule has 4 nitrogen and oxygen atoms in total. The lowest BCUT2D eigenvalue weighted by Crippen LogP contribution is -2.00. The minimum absolute atomic E-state index is 0.317. The number of benzene rings is 1. The van der Waals surface area contributed by atoms with Gasteiger partial charge < -0.3 is 5.11 Å². The predicted molar refractivity (Wildman–Crippen MR) is 98.0 cm³/mol. The number of carbonyl (C=O) groups is 1. The Labute approximate surface area is 145 Å². The molecule has 2 heterocycles. The molecule has 3 aromatic rings. The monoisotopic (exact) mass is 342 g/mol. The second kappa shape index (κ2) is 7.18. The third-order valence-corrected chi connectivity index (χ3v) is 5.53. The molecule has 2 aromatic heterocycles. The summed E-state index contributed by atoms with van der Waals surface area (Å²) < 4.78 is 2.18. The summed E-state index contributed by atoms with van der Waals surface area (Å²) in [7, 11) is 0. The van der Waals surface area contributed by atoms with Gasteiger partial charge in [0, 0.05) is 18.1 Å². The number of carboxylic acids is 1. The van der Waals surface area contributed by atoms with Crippen LogP contribution >= 0.6 is 11.3 Å². The minimum Gasteiger partial charge on any atom is -0.478 e. The van der Waals surface area contributed by atoms with Gasteiger partial charge in [-0.2, -0.15) is 0 Å². The van der Waals surface area contributed by atoms with E-state index in [2.05, 4.69) is 23.2 Å². The predicted octanol–water partition coefficient (Wildman–Crippen LogP) is 5.44. The summed E-state index contributed by atoms with van der Waals surface area (Å²) in [5.41, 5.74) is 2.66. The first kappa shape index (κ1) is 16.7. The molecule has 0 aliphatic heterocycles. The highest BCUT2D eigenvalue weighted by atomic mass is 32.1. The van der Waals surface area contributed by atoms with E-state index in [0.717, 1.165) is 16.9 Å². The number of carboxylic acid groups (broad SMARTS) is 1. The third kappa shape index (κ3) is 3.22. The normalized spacial score (nSPS) is 12.6. The van der Waals surface area contributed by atoms with Crippen LogP contribution in [0.3, 0.4) is 0 Å². The van der Waals surface area contributed by atoms with Gasteiger partial charge in [-0.1, -0.05) is 56.6 Å². The molecule has 3 rings (SSSR count). The Hall–Kier alpha value is -2.14. The van der Waals surface area contributed by atoms with Crippen molar-refractivity contribution in [3.8, 4) is 10.4 Å². The summed E-state index contributed by atoms with van der Waals surface area (Å²) in [5, 5.41) is 9.08. The summed E-state index contributed by atoms with van der Waals surface area (Å²) in [6, 6.07) is 7.14. The van der Waals surface area contributed by atoms with E-state index < -0.39 is 5.97 Å². The van der Waals surface area contributed by atoms with Gasteiger partial charge in [-0.15, -0.1) is 0 Å². The van der Waals surface area contributed by atoms with E-state index in [9.17, 15) is 4.79 Å². The zero-order valence-electron chi connectivity index (χ0n) is 14.0. The molecule has 1 N–H and O–H groups in total. The number of hydrogen-bond acceptors (Lipinski definition) is 3. The molecule has 1 atom stereocenters. The van der Waals surface area contributed by atoms with Gasteiger partial charge in [-0.3, -0.25) is 4.40 Å². The van der Waals surface area contributed by atoms with Crippen molar-refractivity contribution in [3.63, 3.8) is 0 Å². The molecule has 5 heteroatoms. The van der Waals surface area contributed by atoms with Crippen LogP contribution < -0.4 is 0 Å². The second-order valence-corrected chi connectivity index (χ2v) is 7.15. The molecule has 0 saturated carbocycles. The van der Waals surface area contributed by atoms with Gasteiger partial charge in [0.2, 0.25) is 0 Å². The summed E-state index contributed by atoms with van der Waals surface area (Å²) in [4.78, 5) is 17.7. The fraction of sp³-hybridized carbons (Fsp3) is 0.368. The maximum Gasteiger partial charge on any atom is 0.335 e. The number of nitrogens with zero attached hydrogens (tertiary/aromatic N) is 2. The lowest BCUT2D eigenvalue weighted by atomic mass is 9.96. The van der Waals surface area contributed by atoms with Crippen molar-refractivity contribution in [3.05, 3.63) is 47.9 Å². The van der Waals surface area contributed by atoms with Crippen LogP contribution in [0.25, 0.3) is 15.4 Å². The van der Waals surface area contributed by atoms with Crippen molar-refractivity contribution in [2.45, 2.75) is 45.4 Å². The van der Waals surface area contributed by atoms with Crippen LogP contribution in [0.15, 0.2) is 36.7 Å². The van der Waals surface area contributed by atoms with Crippen molar-refractivity contribution < 1.29 is 9.90 Å². The van der Waals surface area contributed by atoms with Crippen LogP contribution in [-0.2, 0) is 0 Å². The van der Waals surface area contributed by atoms with Crippen LogP contribution in [0.2, 0.25) is 0 Å². The van der Waals surface area contributed by atoms with E-state index in [1.54, 1.807) is 23.5 Å². The highest BCUT2D eigenvalue weighted by Gasteiger charge is 2.19. The van der Waals surface area contributed by atoms with Gasteiger partial charge in [0.1, 0.15) is 0 Å². The van der Waals surface area contributed by atoms with Gasteiger partial charge in [0.25, 0.3) is 0 Å². The van der Waals surface area contributed by atoms with Crippen LogP contribution in [0.4, 0.5) is 0 Å². The van der Waals surface area contributed by atoms with Crippen LogP contribution in [0.5, 0.6) is 0 Å². The lowest BCUT2D eigenvalue weighted by Gasteiger charge is -2.13. The average molecular weight is 342 g/mol. The molecule has 0 saturated heterocycles. The fourth-order valence-corrected chi connectivity index (χ4v) is 4.28. The smallest absolute Gasteiger partial charge is 0.335 e. The summed E-state index contributed by atoms with van der Waals surface area (Å²) in [6.45, 7) is 4.49. The number of hydrogen-bond donors (Lipinski definition) is 1. The number of unbranched alkanes of at least 4 members (excludes halogenated alkanes) is 2. The van der Waals surface area contributed by atoms with Crippen molar-refractivity contribution in [2.75, 3.05) is 0 Å². The van der Waals surface area contributed by atoms with Crippen LogP contribution in [-0.4, -0.2) is 20.5 Å². The van der Waals surface area contributed by atoms with Gasteiger partial charge >= 0.3 is 5.97 Å². The summed E-state index contributed by atoms with van der Waals surface area (Å²) in [5.74, 6) is -0.454. The summed E-state index contributed by atoms with van der Waals surface area (Å²) in [6.07, 6.45) is 8.71. The van der Waals surface area contributed by atoms with Gasteiger partial charge in [-0.25, -0.2) is 9.78 Å². The molecule has 0 fully saturated rings. The number of thiazole rings is 1. The number of aromatic carboxylic acids is 1. The van der Waals surface area contributed by atoms with Crippen molar-refractivity contribution in [1.82, 2.24) is 9.38 Å². The maximum atomic E-state index is 11.1. The number of fused-ring (bicyclic) bond motifs is 1. The Morgan fingerprint density at radius 1 is 1.29 bits per heavy atom.